The zero-order chi connectivity index (χ0) is 21.3. The molecule has 4 aromatic rings. The molecule has 0 radical (unpaired) electrons. The maximum Gasteiger partial charge on any atom is 0.348 e. The number of hydrogen-bond donors (Lipinski definition) is 0. The van der Waals surface area contributed by atoms with Crippen molar-refractivity contribution in [3.63, 3.8) is 0 Å². The summed E-state index contributed by atoms with van der Waals surface area (Å²) in [5.41, 5.74) is 0.451. The lowest BCUT2D eigenvalue weighted by molar-refractivity contribution is 0.0478. The Labute approximate surface area is 174 Å². The highest BCUT2D eigenvalue weighted by Gasteiger charge is 2.19. The minimum atomic E-state index is -0.558. The van der Waals surface area contributed by atoms with E-state index in [-0.39, 0.29) is 23.4 Å². The van der Waals surface area contributed by atoms with Crippen LogP contribution in [0.4, 0.5) is 4.39 Å². The van der Waals surface area contributed by atoms with Crippen molar-refractivity contribution in [2.45, 2.75) is 13.2 Å². The van der Waals surface area contributed by atoms with Crippen LogP contribution >= 0.6 is 11.3 Å². The topological polar surface area (TPSA) is 70.3 Å². The molecule has 152 valence electrons. The minimum absolute atomic E-state index is 0.00532. The first-order valence-electron chi connectivity index (χ1n) is 9.13. The lowest BCUT2D eigenvalue weighted by atomic mass is 10.2. The lowest BCUT2D eigenvalue weighted by Gasteiger charge is -2.08. The molecule has 4 rings (SSSR count). The second kappa shape index (κ2) is 8.08. The fraction of sp³-hybridized carbons (Fsp3) is 0.136. The standard InChI is InChI=1S/C22H17FN2O4S/c1-24-20-17(11-18(30-20)21(27)29-13-15-5-3-2-4-6-15)19(26)25(22(24)28)12-14-7-9-16(23)10-8-14/h2-11H,12-13H2,1H3. The van der Waals surface area contributed by atoms with E-state index in [9.17, 15) is 18.8 Å². The Kier molecular flexibility index (Phi) is 5.33. The molecular formula is C22H17FN2O4S. The van der Waals surface area contributed by atoms with E-state index in [1.54, 1.807) is 7.05 Å². The van der Waals surface area contributed by atoms with Gasteiger partial charge in [0, 0.05) is 7.05 Å². The second-order valence-electron chi connectivity index (χ2n) is 6.75. The number of nitrogens with zero attached hydrogens (tertiary/aromatic N) is 2. The molecule has 0 fully saturated rings. The summed E-state index contributed by atoms with van der Waals surface area (Å²) in [6.45, 7) is 0.118. The van der Waals surface area contributed by atoms with Gasteiger partial charge in [-0.1, -0.05) is 42.5 Å². The number of esters is 1. The number of benzene rings is 2. The number of thiophene rings is 1. The first-order chi connectivity index (χ1) is 14.4. The Hall–Kier alpha value is -3.52. The van der Waals surface area contributed by atoms with Crippen molar-refractivity contribution in [3.8, 4) is 0 Å². The van der Waals surface area contributed by atoms with Crippen molar-refractivity contribution >= 4 is 27.5 Å². The van der Waals surface area contributed by atoms with Crippen LogP contribution in [0.2, 0.25) is 0 Å². The predicted octanol–water partition coefficient (Wildman–Crippen LogP) is 3.31. The molecule has 2 aromatic carbocycles. The monoisotopic (exact) mass is 424 g/mol. The molecule has 8 heteroatoms. The van der Waals surface area contributed by atoms with Crippen LogP contribution in [0.25, 0.3) is 10.2 Å². The molecule has 0 aliphatic heterocycles. The van der Waals surface area contributed by atoms with Gasteiger partial charge in [-0.15, -0.1) is 11.3 Å². The van der Waals surface area contributed by atoms with Crippen LogP contribution in [0.1, 0.15) is 20.8 Å². The Morgan fingerprint density at radius 1 is 1.03 bits per heavy atom. The van der Waals surface area contributed by atoms with E-state index in [1.165, 1.54) is 34.9 Å². The molecule has 0 aliphatic carbocycles. The van der Waals surface area contributed by atoms with E-state index in [4.69, 9.17) is 4.74 Å². The number of halogens is 1. The Morgan fingerprint density at radius 3 is 2.43 bits per heavy atom. The number of hydrogen-bond acceptors (Lipinski definition) is 5. The van der Waals surface area contributed by atoms with Gasteiger partial charge in [-0.3, -0.25) is 13.9 Å². The van der Waals surface area contributed by atoms with Gasteiger partial charge >= 0.3 is 11.7 Å². The van der Waals surface area contributed by atoms with Crippen molar-refractivity contribution in [2.75, 3.05) is 0 Å². The smallest absolute Gasteiger partial charge is 0.348 e. The number of carbonyl (C=O) groups excluding carboxylic acids is 1. The summed E-state index contributed by atoms with van der Waals surface area (Å²) >= 11 is 1.04. The Balaban J connectivity index is 1.67. The third kappa shape index (κ3) is 3.81. The Morgan fingerprint density at radius 2 is 1.73 bits per heavy atom. The molecule has 0 unspecified atom stereocenters. The molecule has 0 saturated carbocycles. The van der Waals surface area contributed by atoms with Gasteiger partial charge in [0.1, 0.15) is 22.1 Å². The summed E-state index contributed by atoms with van der Waals surface area (Å²) in [6.07, 6.45) is 0. The van der Waals surface area contributed by atoms with Gasteiger partial charge in [0.25, 0.3) is 5.56 Å². The largest absolute Gasteiger partial charge is 0.457 e. The number of aromatic nitrogens is 2. The highest BCUT2D eigenvalue weighted by atomic mass is 32.1. The molecule has 0 aliphatic rings. The molecule has 2 aromatic heterocycles. The van der Waals surface area contributed by atoms with Gasteiger partial charge in [-0.2, -0.15) is 0 Å². The van der Waals surface area contributed by atoms with Crippen molar-refractivity contribution in [3.05, 3.63) is 103 Å². The summed E-state index contributed by atoms with van der Waals surface area (Å²) in [4.78, 5) is 38.7. The van der Waals surface area contributed by atoms with Crippen molar-refractivity contribution in [1.82, 2.24) is 9.13 Å². The molecule has 0 bridgehead atoms. The molecule has 0 saturated heterocycles. The highest BCUT2D eigenvalue weighted by Crippen LogP contribution is 2.23. The first-order valence-corrected chi connectivity index (χ1v) is 9.94. The van der Waals surface area contributed by atoms with Gasteiger partial charge in [0.05, 0.1) is 11.9 Å². The fourth-order valence-corrected chi connectivity index (χ4v) is 4.09. The molecule has 6 nitrogen and oxygen atoms in total. The molecule has 0 N–H and O–H groups in total. The van der Waals surface area contributed by atoms with Gasteiger partial charge in [-0.25, -0.2) is 14.0 Å². The summed E-state index contributed by atoms with van der Waals surface area (Å²) in [5, 5.41) is 0.260. The number of rotatable bonds is 5. The maximum absolute atomic E-state index is 13.1. The van der Waals surface area contributed by atoms with E-state index in [0.717, 1.165) is 21.5 Å². The number of aryl methyl sites for hydroxylation is 1. The van der Waals surface area contributed by atoms with Crippen LogP contribution in [0.5, 0.6) is 0 Å². The molecule has 0 amide bonds. The Bertz CT molecular complexity index is 1340. The van der Waals surface area contributed by atoms with Crippen LogP contribution in [0.3, 0.4) is 0 Å². The van der Waals surface area contributed by atoms with Gasteiger partial charge < -0.3 is 4.74 Å². The quantitative estimate of drug-likeness (QED) is 0.461. The fourth-order valence-electron chi connectivity index (χ4n) is 3.09. The zero-order valence-electron chi connectivity index (χ0n) is 16.0. The van der Waals surface area contributed by atoms with Crippen LogP contribution in [0, 0.1) is 5.82 Å². The molecule has 0 atom stereocenters. The van der Waals surface area contributed by atoms with Crippen molar-refractivity contribution < 1.29 is 13.9 Å². The maximum atomic E-state index is 13.1. The van der Waals surface area contributed by atoms with E-state index in [1.807, 2.05) is 30.3 Å². The SMILES string of the molecule is Cn1c(=O)n(Cc2ccc(F)cc2)c(=O)c2cc(C(=O)OCc3ccccc3)sc21. The first kappa shape index (κ1) is 19.8. The average molecular weight is 424 g/mol. The predicted molar refractivity (Wildman–Crippen MR) is 112 cm³/mol. The van der Waals surface area contributed by atoms with Crippen molar-refractivity contribution in [2.24, 2.45) is 7.05 Å². The third-order valence-electron chi connectivity index (χ3n) is 4.68. The average Bonchev–Trinajstić information content (AvgIpc) is 3.21. The van der Waals surface area contributed by atoms with Crippen LogP contribution in [0.15, 0.2) is 70.3 Å². The van der Waals surface area contributed by atoms with Crippen LogP contribution < -0.4 is 11.2 Å². The number of fused-ring (bicyclic) bond motifs is 1. The summed E-state index contributed by atoms with van der Waals surface area (Å²) in [6, 6.07) is 16.3. The summed E-state index contributed by atoms with van der Waals surface area (Å²) < 4.78 is 20.9. The molecule has 30 heavy (non-hydrogen) atoms. The minimum Gasteiger partial charge on any atom is -0.457 e. The van der Waals surface area contributed by atoms with Gasteiger partial charge in [0.15, 0.2) is 0 Å². The normalized spacial score (nSPS) is 11.0. The summed E-state index contributed by atoms with van der Waals surface area (Å²) in [5.74, 6) is -0.956. The van der Waals surface area contributed by atoms with Gasteiger partial charge in [0.2, 0.25) is 0 Å². The van der Waals surface area contributed by atoms with Crippen LogP contribution in [-0.2, 0) is 24.9 Å². The lowest BCUT2D eigenvalue weighted by Crippen LogP contribution is -2.38. The van der Waals surface area contributed by atoms with E-state index < -0.39 is 23.0 Å². The summed E-state index contributed by atoms with van der Waals surface area (Å²) in [7, 11) is 1.54. The third-order valence-corrected chi connectivity index (χ3v) is 5.87. The number of ether oxygens (including phenoxy) is 1. The molecule has 0 spiro atoms. The van der Waals surface area contributed by atoms with E-state index >= 15 is 0 Å². The second-order valence-corrected chi connectivity index (χ2v) is 7.78. The molecule has 2 heterocycles. The van der Waals surface area contributed by atoms with Crippen molar-refractivity contribution in [1.29, 1.82) is 0 Å². The highest BCUT2D eigenvalue weighted by molar-refractivity contribution is 7.20. The van der Waals surface area contributed by atoms with Gasteiger partial charge in [-0.05, 0) is 29.3 Å². The zero-order valence-corrected chi connectivity index (χ0v) is 16.8. The molecular weight excluding hydrogens is 407 g/mol. The number of carbonyl (C=O) groups is 1. The van der Waals surface area contributed by atoms with Crippen LogP contribution in [-0.4, -0.2) is 15.1 Å². The van der Waals surface area contributed by atoms with E-state index in [2.05, 4.69) is 0 Å². The van der Waals surface area contributed by atoms with E-state index in [0.29, 0.717) is 10.4 Å².